The molecule has 0 aliphatic carbocycles. The van der Waals surface area contributed by atoms with E-state index < -0.39 is 0 Å². The molecule has 0 atom stereocenters. The van der Waals surface area contributed by atoms with Crippen LogP contribution in [-0.2, 0) is 0 Å². The third-order valence-electron chi connectivity index (χ3n) is 2.03. The van der Waals surface area contributed by atoms with Crippen LogP contribution in [0.15, 0.2) is 48.5 Å². The molecule has 0 saturated heterocycles. The first kappa shape index (κ1) is 9.52. The van der Waals surface area contributed by atoms with Crippen molar-refractivity contribution in [2.24, 2.45) is 0 Å². The standard InChI is InChI=1S/C12H10FNO/c13-9-5-7-10(8-6-9)14-11-3-1-2-4-12(11)15/h1-8,14-15H. The van der Waals surface area contributed by atoms with Crippen LogP contribution in [0, 0.1) is 5.82 Å². The van der Waals surface area contributed by atoms with Gasteiger partial charge in [0.15, 0.2) is 0 Å². The Morgan fingerprint density at radius 2 is 1.60 bits per heavy atom. The minimum atomic E-state index is -0.280. The molecule has 0 aliphatic rings. The Morgan fingerprint density at radius 3 is 2.27 bits per heavy atom. The Bertz CT molecular complexity index is 453. The number of hydrogen-bond donors (Lipinski definition) is 2. The van der Waals surface area contributed by atoms with Gasteiger partial charge in [0.2, 0.25) is 0 Å². The molecule has 0 aliphatic heterocycles. The second kappa shape index (κ2) is 4.00. The summed E-state index contributed by atoms with van der Waals surface area (Å²) in [7, 11) is 0. The third-order valence-corrected chi connectivity index (χ3v) is 2.03. The van der Waals surface area contributed by atoms with Gasteiger partial charge in [0.25, 0.3) is 0 Å². The lowest BCUT2D eigenvalue weighted by Gasteiger charge is -2.07. The minimum Gasteiger partial charge on any atom is -0.506 e. The van der Waals surface area contributed by atoms with Crippen molar-refractivity contribution in [2.45, 2.75) is 0 Å². The fourth-order valence-corrected chi connectivity index (χ4v) is 1.27. The highest BCUT2D eigenvalue weighted by atomic mass is 19.1. The highest BCUT2D eigenvalue weighted by molar-refractivity contribution is 5.65. The second-order valence-electron chi connectivity index (χ2n) is 3.15. The van der Waals surface area contributed by atoms with E-state index in [1.54, 1.807) is 30.3 Å². The summed E-state index contributed by atoms with van der Waals surface area (Å²) in [5.41, 5.74) is 1.34. The van der Waals surface area contributed by atoms with Gasteiger partial charge < -0.3 is 10.4 Å². The first-order chi connectivity index (χ1) is 7.25. The lowest BCUT2D eigenvalue weighted by Crippen LogP contribution is -1.90. The van der Waals surface area contributed by atoms with Crippen LogP contribution in [-0.4, -0.2) is 5.11 Å². The topological polar surface area (TPSA) is 32.3 Å². The van der Waals surface area contributed by atoms with Crippen LogP contribution >= 0.6 is 0 Å². The highest BCUT2D eigenvalue weighted by Gasteiger charge is 1.99. The van der Waals surface area contributed by atoms with Crippen LogP contribution < -0.4 is 5.32 Å². The number of phenolic OH excluding ortho intramolecular Hbond substituents is 1. The molecule has 0 spiro atoms. The van der Waals surface area contributed by atoms with Crippen molar-refractivity contribution in [3.63, 3.8) is 0 Å². The molecule has 0 unspecified atom stereocenters. The summed E-state index contributed by atoms with van der Waals surface area (Å²) in [6.45, 7) is 0. The maximum absolute atomic E-state index is 12.6. The van der Waals surface area contributed by atoms with Crippen LogP contribution in [0.25, 0.3) is 0 Å². The Balaban J connectivity index is 2.22. The van der Waals surface area contributed by atoms with Crippen molar-refractivity contribution in [1.82, 2.24) is 0 Å². The molecular weight excluding hydrogens is 193 g/mol. The van der Waals surface area contributed by atoms with E-state index in [1.165, 1.54) is 12.1 Å². The van der Waals surface area contributed by atoms with Gasteiger partial charge in [-0.05, 0) is 36.4 Å². The molecule has 0 aromatic heterocycles. The summed E-state index contributed by atoms with van der Waals surface area (Å²) in [6, 6.07) is 12.8. The number of halogens is 1. The number of rotatable bonds is 2. The van der Waals surface area contributed by atoms with Crippen LogP contribution in [0.3, 0.4) is 0 Å². The zero-order valence-corrected chi connectivity index (χ0v) is 7.94. The number of hydrogen-bond acceptors (Lipinski definition) is 2. The molecule has 15 heavy (non-hydrogen) atoms. The normalized spacial score (nSPS) is 9.93. The van der Waals surface area contributed by atoms with E-state index in [2.05, 4.69) is 5.32 Å². The average molecular weight is 203 g/mol. The Morgan fingerprint density at radius 1 is 0.933 bits per heavy atom. The smallest absolute Gasteiger partial charge is 0.139 e. The summed E-state index contributed by atoms with van der Waals surface area (Å²) in [6.07, 6.45) is 0. The molecule has 76 valence electrons. The molecule has 0 heterocycles. The maximum atomic E-state index is 12.6. The Hall–Kier alpha value is -2.03. The predicted molar refractivity (Wildman–Crippen MR) is 57.8 cm³/mol. The molecule has 0 bridgehead atoms. The summed E-state index contributed by atoms with van der Waals surface area (Å²) < 4.78 is 12.6. The van der Waals surface area contributed by atoms with E-state index in [1.807, 2.05) is 6.07 Å². The summed E-state index contributed by atoms with van der Waals surface area (Å²) in [5, 5.41) is 12.5. The minimum absolute atomic E-state index is 0.168. The molecule has 2 aromatic carbocycles. The zero-order chi connectivity index (χ0) is 10.7. The molecule has 0 fully saturated rings. The van der Waals surface area contributed by atoms with Crippen LogP contribution in [0.5, 0.6) is 5.75 Å². The highest BCUT2D eigenvalue weighted by Crippen LogP contribution is 2.25. The molecule has 2 rings (SSSR count). The second-order valence-corrected chi connectivity index (χ2v) is 3.15. The molecule has 2 N–H and O–H groups in total. The van der Waals surface area contributed by atoms with Gasteiger partial charge in [-0.2, -0.15) is 0 Å². The number of para-hydroxylation sites is 2. The van der Waals surface area contributed by atoms with Gasteiger partial charge in [0.05, 0.1) is 5.69 Å². The van der Waals surface area contributed by atoms with E-state index in [0.717, 1.165) is 5.69 Å². The lowest BCUT2D eigenvalue weighted by atomic mass is 10.2. The van der Waals surface area contributed by atoms with E-state index in [4.69, 9.17) is 0 Å². The average Bonchev–Trinajstić information content (AvgIpc) is 2.25. The van der Waals surface area contributed by atoms with Gasteiger partial charge in [-0.3, -0.25) is 0 Å². The van der Waals surface area contributed by atoms with E-state index in [-0.39, 0.29) is 11.6 Å². The molecular formula is C12H10FNO. The first-order valence-electron chi connectivity index (χ1n) is 4.56. The maximum Gasteiger partial charge on any atom is 0.139 e. The number of aromatic hydroxyl groups is 1. The number of nitrogens with one attached hydrogen (secondary N) is 1. The molecule has 2 nitrogen and oxygen atoms in total. The van der Waals surface area contributed by atoms with Crippen LogP contribution in [0.4, 0.5) is 15.8 Å². The fraction of sp³-hybridized carbons (Fsp3) is 0. The van der Waals surface area contributed by atoms with E-state index in [9.17, 15) is 9.50 Å². The quantitative estimate of drug-likeness (QED) is 0.734. The molecule has 0 amide bonds. The predicted octanol–water partition coefficient (Wildman–Crippen LogP) is 3.27. The SMILES string of the molecule is Oc1ccccc1Nc1ccc(F)cc1. The van der Waals surface area contributed by atoms with E-state index in [0.29, 0.717) is 5.69 Å². The van der Waals surface area contributed by atoms with Crippen molar-refractivity contribution in [1.29, 1.82) is 0 Å². The lowest BCUT2D eigenvalue weighted by molar-refractivity contribution is 0.478. The number of benzene rings is 2. The molecule has 0 radical (unpaired) electrons. The zero-order valence-electron chi connectivity index (χ0n) is 7.94. The van der Waals surface area contributed by atoms with Gasteiger partial charge in [-0.15, -0.1) is 0 Å². The van der Waals surface area contributed by atoms with Crippen molar-refractivity contribution in [3.8, 4) is 5.75 Å². The van der Waals surface area contributed by atoms with Gasteiger partial charge >= 0.3 is 0 Å². The first-order valence-corrected chi connectivity index (χ1v) is 4.56. The monoisotopic (exact) mass is 203 g/mol. The van der Waals surface area contributed by atoms with Crippen molar-refractivity contribution >= 4 is 11.4 Å². The number of phenols is 1. The van der Waals surface area contributed by atoms with Gasteiger partial charge in [0, 0.05) is 5.69 Å². The fourth-order valence-electron chi connectivity index (χ4n) is 1.27. The van der Waals surface area contributed by atoms with Gasteiger partial charge in [-0.25, -0.2) is 4.39 Å². The van der Waals surface area contributed by atoms with Crippen LogP contribution in [0.2, 0.25) is 0 Å². The molecule has 2 aromatic rings. The summed E-state index contributed by atoms with van der Waals surface area (Å²) in [5.74, 6) is -0.111. The summed E-state index contributed by atoms with van der Waals surface area (Å²) >= 11 is 0. The van der Waals surface area contributed by atoms with Gasteiger partial charge in [-0.1, -0.05) is 12.1 Å². The van der Waals surface area contributed by atoms with Crippen LogP contribution in [0.1, 0.15) is 0 Å². The third kappa shape index (κ3) is 2.26. The summed E-state index contributed by atoms with van der Waals surface area (Å²) in [4.78, 5) is 0. The Kier molecular flexibility index (Phi) is 2.54. The van der Waals surface area contributed by atoms with Gasteiger partial charge in [0.1, 0.15) is 11.6 Å². The molecule has 3 heteroatoms. The van der Waals surface area contributed by atoms with Crippen molar-refractivity contribution in [2.75, 3.05) is 5.32 Å². The largest absolute Gasteiger partial charge is 0.506 e. The van der Waals surface area contributed by atoms with Crippen molar-refractivity contribution in [3.05, 3.63) is 54.3 Å². The molecule has 0 saturated carbocycles. The Labute approximate surface area is 87.0 Å². The van der Waals surface area contributed by atoms with Crippen molar-refractivity contribution < 1.29 is 9.50 Å². The van der Waals surface area contributed by atoms with E-state index >= 15 is 0 Å². The number of anilines is 2.